The van der Waals surface area contributed by atoms with Crippen molar-refractivity contribution in [3.8, 4) is 5.88 Å². The van der Waals surface area contributed by atoms with Crippen LogP contribution in [-0.2, 0) is 0 Å². The first kappa shape index (κ1) is 12.9. The zero-order valence-corrected chi connectivity index (χ0v) is 11.0. The minimum atomic E-state index is 0.620. The van der Waals surface area contributed by atoms with E-state index >= 15 is 0 Å². The number of nitrogens with two attached hydrogens (primary N) is 1. The Kier molecular flexibility index (Phi) is 4.68. The van der Waals surface area contributed by atoms with Gasteiger partial charge in [0.2, 0.25) is 5.88 Å². The molecule has 0 aromatic carbocycles. The van der Waals surface area contributed by atoms with Gasteiger partial charge in [-0.05, 0) is 31.4 Å². The van der Waals surface area contributed by atoms with E-state index in [-0.39, 0.29) is 0 Å². The molecule has 16 heavy (non-hydrogen) atoms. The third-order valence-electron chi connectivity index (χ3n) is 2.39. The van der Waals surface area contributed by atoms with Gasteiger partial charge in [-0.3, -0.25) is 0 Å². The molecule has 0 aliphatic carbocycles. The number of methoxy groups -OCH3 is 1. The lowest BCUT2D eigenvalue weighted by Gasteiger charge is -2.08. The van der Waals surface area contributed by atoms with Crippen LogP contribution in [0.4, 0.5) is 0 Å². The number of pyridine rings is 1. The van der Waals surface area contributed by atoms with Gasteiger partial charge in [0.05, 0.1) is 12.1 Å². The van der Waals surface area contributed by atoms with Crippen molar-refractivity contribution in [1.29, 1.82) is 0 Å². The molecule has 1 heterocycles. The average molecular weight is 238 g/mol. The Balaban J connectivity index is 2.96. The topological polar surface area (TPSA) is 48.1 Å². The predicted molar refractivity (Wildman–Crippen MR) is 68.6 cm³/mol. The largest absolute Gasteiger partial charge is 0.481 e. The van der Waals surface area contributed by atoms with Gasteiger partial charge in [0.1, 0.15) is 5.03 Å². The molecule has 0 aliphatic rings. The van der Waals surface area contributed by atoms with Crippen molar-refractivity contribution < 1.29 is 4.74 Å². The summed E-state index contributed by atoms with van der Waals surface area (Å²) in [5.41, 5.74) is 8.28. The van der Waals surface area contributed by atoms with Gasteiger partial charge in [0, 0.05) is 6.07 Å². The average Bonchev–Trinajstić information content (AvgIpc) is 2.30. The molecular weight excluding hydrogens is 220 g/mol. The second kappa shape index (κ2) is 5.80. The molecule has 4 heteroatoms. The molecule has 3 nitrogen and oxygen atoms in total. The number of nitrogens with zero attached hydrogens (tertiary/aromatic N) is 1. The van der Waals surface area contributed by atoms with Gasteiger partial charge in [0.25, 0.3) is 0 Å². The van der Waals surface area contributed by atoms with Crippen LogP contribution in [0, 0.1) is 6.92 Å². The van der Waals surface area contributed by atoms with Crippen molar-refractivity contribution >= 4 is 11.8 Å². The summed E-state index contributed by atoms with van der Waals surface area (Å²) in [5, 5.41) is 1.73. The third kappa shape index (κ3) is 3.17. The van der Waals surface area contributed by atoms with E-state index in [0.717, 1.165) is 22.0 Å². The summed E-state index contributed by atoms with van der Waals surface area (Å²) in [7, 11) is 1.61. The van der Waals surface area contributed by atoms with Crippen LogP contribution in [0.1, 0.15) is 25.8 Å². The van der Waals surface area contributed by atoms with E-state index in [9.17, 15) is 0 Å². The third-order valence-corrected chi connectivity index (χ3v) is 3.57. The van der Waals surface area contributed by atoms with Gasteiger partial charge in [0.15, 0.2) is 0 Å². The van der Waals surface area contributed by atoms with E-state index < -0.39 is 0 Å². The monoisotopic (exact) mass is 238 g/mol. The van der Waals surface area contributed by atoms with Crippen LogP contribution >= 0.6 is 11.8 Å². The van der Waals surface area contributed by atoms with Crippen molar-refractivity contribution in [1.82, 2.24) is 4.98 Å². The number of hydrogen-bond acceptors (Lipinski definition) is 4. The Labute approximate surface area is 101 Å². The molecule has 0 atom stereocenters. The lowest BCUT2D eigenvalue weighted by atomic mass is 10.3. The number of hydrogen-bond donors (Lipinski definition) is 1. The quantitative estimate of drug-likeness (QED) is 0.819. The zero-order valence-electron chi connectivity index (χ0n) is 10.2. The molecule has 0 fully saturated rings. The summed E-state index contributed by atoms with van der Waals surface area (Å²) in [6.07, 6.45) is 0.960. The Morgan fingerprint density at radius 3 is 2.75 bits per heavy atom. The number of ether oxygens (including phenoxy) is 1. The van der Waals surface area contributed by atoms with Gasteiger partial charge in [-0.25, -0.2) is 4.98 Å². The minimum Gasteiger partial charge on any atom is -0.481 e. The van der Waals surface area contributed by atoms with Crippen molar-refractivity contribution in [2.75, 3.05) is 7.11 Å². The summed E-state index contributed by atoms with van der Waals surface area (Å²) in [6, 6.07) is 3.84. The lowest BCUT2D eigenvalue weighted by molar-refractivity contribution is 0.394. The molecule has 1 aromatic heterocycles. The van der Waals surface area contributed by atoms with Gasteiger partial charge in [-0.1, -0.05) is 24.8 Å². The maximum atomic E-state index is 5.98. The summed E-state index contributed by atoms with van der Waals surface area (Å²) < 4.78 is 5.10. The normalized spacial score (nSPS) is 12.2. The molecule has 0 spiro atoms. The highest BCUT2D eigenvalue weighted by Crippen LogP contribution is 2.28. The second-order valence-corrected chi connectivity index (χ2v) is 4.61. The first-order valence-electron chi connectivity index (χ1n) is 5.23. The van der Waals surface area contributed by atoms with Crippen molar-refractivity contribution in [2.45, 2.75) is 32.2 Å². The molecule has 88 valence electrons. The Hall–Kier alpha value is -1.16. The SMILES string of the molecule is CC/C(C)=C(/N)Sc1nc(OC)ccc1C. The molecule has 1 rings (SSSR count). The van der Waals surface area contributed by atoms with Crippen LogP contribution in [0.2, 0.25) is 0 Å². The minimum absolute atomic E-state index is 0.620. The van der Waals surface area contributed by atoms with Crippen molar-refractivity contribution in [3.63, 3.8) is 0 Å². The highest BCUT2D eigenvalue weighted by molar-refractivity contribution is 8.03. The molecular formula is C12H18N2OS. The number of allylic oxidation sites excluding steroid dienone is 1. The second-order valence-electron chi connectivity index (χ2n) is 3.58. The fourth-order valence-electron chi connectivity index (χ4n) is 1.08. The first-order valence-corrected chi connectivity index (χ1v) is 6.04. The summed E-state index contributed by atoms with van der Waals surface area (Å²) in [6.45, 7) is 6.15. The smallest absolute Gasteiger partial charge is 0.214 e. The Morgan fingerprint density at radius 2 is 2.19 bits per heavy atom. The molecule has 0 aliphatic heterocycles. The highest BCUT2D eigenvalue weighted by Gasteiger charge is 2.06. The lowest BCUT2D eigenvalue weighted by Crippen LogP contribution is -1.98. The Morgan fingerprint density at radius 1 is 1.50 bits per heavy atom. The van der Waals surface area contributed by atoms with Gasteiger partial charge >= 0.3 is 0 Å². The molecule has 0 saturated carbocycles. The maximum Gasteiger partial charge on any atom is 0.214 e. The van der Waals surface area contributed by atoms with Crippen LogP contribution in [-0.4, -0.2) is 12.1 Å². The summed E-state index contributed by atoms with van der Waals surface area (Å²) >= 11 is 1.50. The van der Waals surface area contributed by atoms with Crippen LogP contribution in [0.3, 0.4) is 0 Å². The maximum absolute atomic E-state index is 5.98. The van der Waals surface area contributed by atoms with Crippen LogP contribution in [0.5, 0.6) is 5.88 Å². The standard InChI is InChI=1S/C12H18N2OS/c1-5-8(2)11(13)16-12-9(3)6-7-10(14-12)15-4/h6-7H,5,13H2,1-4H3/b11-8-. The van der Waals surface area contributed by atoms with Crippen LogP contribution in [0.15, 0.2) is 27.8 Å². The number of aromatic nitrogens is 1. The van der Waals surface area contributed by atoms with Gasteiger partial charge < -0.3 is 10.5 Å². The first-order chi connectivity index (χ1) is 7.58. The molecule has 1 aromatic rings. The summed E-state index contributed by atoms with van der Waals surface area (Å²) in [4.78, 5) is 4.37. The molecule has 0 amide bonds. The van der Waals surface area contributed by atoms with E-state index in [1.807, 2.05) is 26.0 Å². The van der Waals surface area contributed by atoms with Crippen molar-refractivity contribution in [2.24, 2.45) is 5.73 Å². The number of aryl methyl sites for hydroxylation is 1. The number of rotatable bonds is 4. The fraction of sp³-hybridized carbons (Fsp3) is 0.417. The molecule has 0 radical (unpaired) electrons. The Bertz CT molecular complexity index is 402. The highest BCUT2D eigenvalue weighted by atomic mass is 32.2. The zero-order chi connectivity index (χ0) is 12.1. The predicted octanol–water partition coefficient (Wildman–Crippen LogP) is 3.09. The van der Waals surface area contributed by atoms with Crippen molar-refractivity contribution in [3.05, 3.63) is 28.3 Å². The fourth-order valence-corrected chi connectivity index (χ4v) is 1.97. The van der Waals surface area contributed by atoms with Crippen LogP contribution in [0.25, 0.3) is 0 Å². The van der Waals surface area contributed by atoms with Gasteiger partial charge in [-0.2, -0.15) is 0 Å². The van der Waals surface area contributed by atoms with Crippen LogP contribution < -0.4 is 10.5 Å². The molecule has 0 unspecified atom stereocenters. The summed E-state index contributed by atoms with van der Waals surface area (Å²) in [5.74, 6) is 0.620. The van der Waals surface area contributed by atoms with E-state index in [0.29, 0.717) is 5.88 Å². The van der Waals surface area contributed by atoms with E-state index in [1.165, 1.54) is 17.3 Å². The molecule has 0 bridgehead atoms. The van der Waals surface area contributed by atoms with E-state index in [1.54, 1.807) is 7.11 Å². The van der Waals surface area contributed by atoms with E-state index in [2.05, 4.69) is 11.9 Å². The number of thioether (sulfide) groups is 1. The van der Waals surface area contributed by atoms with E-state index in [4.69, 9.17) is 10.5 Å². The van der Waals surface area contributed by atoms with Gasteiger partial charge in [-0.15, -0.1) is 0 Å². The molecule has 0 saturated heterocycles. The molecule has 2 N–H and O–H groups in total.